The third kappa shape index (κ3) is 0.171. The van der Waals surface area contributed by atoms with Gasteiger partial charge in [-0.25, -0.2) is 0 Å². The SMILES string of the molecule is CC1CC2C3CC24C1C34. The van der Waals surface area contributed by atoms with Gasteiger partial charge in [-0.2, -0.15) is 0 Å². The van der Waals surface area contributed by atoms with Gasteiger partial charge in [0, 0.05) is 0 Å². The van der Waals surface area contributed by atoms with E-state index in [-0.39, 0.29) is 0 Å². The third-order valence-corrected chi connectivity index (χ3v) is 5.02. The molecule has 0 heterocycles. The van der Waals surface area contributed by atoms with Crippen molar-refractivity contribution in [2.24, 2.45) is 35.0 Å². The van der Waals surface area contributed by atoms with Crippen molar-refractivity contribution >= 4 is 0 Å². The van der Waals surface area contributed by atoms with Crippen molar-refractivity contribution in [2.75, 3.05) is 0 Å². The van der Waals surface area contributed by atoms with Crippen LogP contribution in [0, 0.1) is 35.0 Å². The zero-order valence-electron chi connectivity index (χ0n) is 5.80. The highest BCUT2D eigenvalue weighted by Crippen LogP contribution is 2.97. The van der Waals surface area contributed by atoms with Crippen LogP contribution in [-0.2, 0) is 0 Å². The van der Waals surface area contributed by atoms with Crippen LogP contribution in [0.25, 0.3) is 0 Å². The predicted molar refractivity (Wildman–Crippen MR) is 34.8 cm³/mol. The van der Waals surface area contributed by atoms with Crippen LogP contribution in [0.15, 0.2) is 0 Å². The van der Waals surface area contributed by atoms with E-state index in [1.54, 1.807) is 12.8 Å². The van der Waals surface area contributed by atoms with E-state index in [9.17, 15) is 0 Å². The van der Waals surface area contributed by atoms with Crippen LogP contribution < -0.4 is 0 Å². The lowest BCUT2D eigenvalue weighted by Gasteiger charge is -2.57. The van der Waals surface area contributed by atoms with E-state index in [1.807, 2.05) is 0 Å². The molecule has 5 saturated carbocycles. The van der Waals surface area contributed by atoms with Crippen molar-refractivity contribution < 1.29 is 0 Å². The molecule has 5 rings (SSSR count). The summed E-state index contributed by atoms with van der Waals surface area (Å²) in [7, 11) is 0. The van der Waals surface area contributed by atoms with Crippen LogP contribution in [0.5, 0.6) is 0 Å². The first kappa shape index (κ1) is 4.00. The molecule has 0 nitrogen and oxygen atoms in total. The summed E-state index contributed by atoms with van der Waals surface area (Å²) < 4.78 is 0. The molecule has 0 heteroatoms. The van der Waals surface area contributed by atoms with Crippen LogP contribution >= 0.6 is 0 Å². The first-order chi connectivity index (χ1) is 4.36. The van der Waals surface area contributed by atoms with Gasteiger partial charge < -0.3 is 0 Å². The maximum atomic E-state index is 2.47. The van der Waals surface area contributed by atoms with Crippen molar-refractivity contribution in [2.45, 2.75) is 19.8 Å². The summed E-state index contributed by atoms with van der Waals surface area (Å²) in [6, 6.07) is 0. The average Bonchev–Trinajstić information content (AvgIpc) is 2.13. The molecule has 0 N–H and O–H groups in total. The molecule has 2 bridgehead atoms. The zero-order valence-corrected chi connectivity index (χ0v) is 5.80. The molecule has 6 atom stereocenters. The quantitative estimate of drug-likeness (QED) is 0.458. The summed E-state index contributed by atoms with van der Waals surface area (Å²) >= 11 is 0. The zero-order chi connectivity index (χ0) is 5.80. The Morgan fingerprint density at radius 3 is 2.56 bits per heavy atom. The molecule has 1 spiro atoms. The summed E-state index contributed by atoms with van der Waals surface area (Å²) in [5.41, 5.74) is 1.03. The Bertz CT molecular complexity index is 206. The Morgan fingerprint density at radius 2 is 2.22 bits per heavy atom. The number of hydrogen-bond acceptors (Lipinski definition) is 0. The lowest BCUT2D eigenvalue weighted by Crippen LogP contribution is -2.52. The molecule has 5 aliphatic carbocycles. The highest BCUT2D eigenvalue weighted by Gasteiger charge is 2.92. The van der Waals surface area contributed by atoms with Crippen LogP contribution in [0.2, 0.25) is 0 Å². The van der Waals surface area contributed by atoms with Crippen LogP contribution in [0.3, 0.4) is 0 Å². The second kappa shape index (κ2) is 0.741. The summed E-state index contributed by atoms with van der Waals surface area (Å²) in [5.74, 6) is 6.16. The molecule has 0 amide bonds. The first-order valence-corrected chi connectivity index (χ1v) is 4.36. The van der Waals surface area contributed by atoms with Gasteiger partial charge in [-0.3, -0.25) is 0 Å². The molecular weight excluding hydrogens is 108 g/mol. The molecule has 0 radical (unpaired) electrons. The Kier molecular flexibility index (Phi) is 0.329. The Labute approximate surface area is 55.6 Å². The number of hydrogen-bond donors (Lipinski definition) is 0. The van der Waals surface area contributed by atoms with Gasteiger partial charge in [-0.05, 0) is 47.8 Å². The summed E-state index contributed by atoms with van der Waals surface area (Å²) in [6.07, 6.45) is 3.25. The van der Waals surface area contributed by atoms with Gasteiger partial charge in [0.2, 0.25) is 0 Å². The molecule has 5 aliphatic rings. The molecule has 0 saturated heterocycles. The maximum Gasteiger partial charge on any atom is -0.0196 e. The second-order valence-corrected chi connectivity index (χ2v) is 4.85. The monoisotopic (exact) mass is 120 g/mol. The van der Waals surface area contributed by atoms with Crippen molar-refractivity contribution in [3.05, 3.63) is 0 Å². The minimum atomic E-state index is 1.03. The standard InChI is InChI=1S/C9H12/c1-4-2-6-5-3-9(6)7(4)8(5)9/h4-8H,2-3H2,1H3. The van der Waals surface area contributed by atoms with E-state index >= 15 is 0 Å². The highest BCUT2D eigenvalue weighted by molar-refractivity contribution is 5.39. The molecule has 0 aliphatic heterocycles. The second-order valence-electron chi connectivity index (χ2n) is 4.85. The minimum absolute atomic E-state index is 1.03. The van der Waals surface area contributed by atoms with Crippen molar-refractivity contribution in [3.63, 3.8) is 0 Å². The van der Waals surface area contributed by atoms with E-state index in [2.05, 4.69) is 6.92 Å². The van der Waals surface area contributed by atoms with E-state index in [0.717, 1.165) is 11.3 Å². The topological polar surface area (TPSA) is 0 Å². The fourth-order valence-corrected chi connectivity index (χ4v) is 4.82. The number of rotatable bonds is 0. The molecule has 0 aromatic heterocycles. The van der Waals surface area contributed by atoms with Gasteiger partial charge in [0.1, 0.15) is 0 Å². The predicted octanol–water partition coefficient (Wildman–Crippen LogP) is 1.91. The van der Waals surface area contributed by atoms with Crippen LogP contribution in [-0.4, -0.2) is 0 Å². The molecular formula is C9H12. The third-order valence-electron chi connectivity index (χ3n) is 5.02. The van der Waals surface area contributed by atoms with Gasteiger partial charge in [-0.15, -0.1) is 0 Å². The molecule has 0 aromatic rings. The normalized spacial score (nSPS) is 87.0. The van der Waals surface area contributed by atoms with Gasteiger partial charge in [0.25, 0.3) is 0 Å². The Hall–Kier alpha value is 0. The van der Waals surface area contributed by atoms with Crippen LogP contribution in [0.4, 0.5) is 0 Å². The lowest BCUT2D eigenvalue weighted by molar-refractivity contribution is -0.0954. The van der Waals surface area contributed by atoms with Gasteiger partial charge >= 0.3 is 0 Å². The van der Waals surface area contributed by atoms with Crippen molar-refractivity contribution in [3.8, 4) is 0 Å². The van der Waals surface area contributed by atoms with Gasteiger partial charge in [0.15, 0.2) is 0 Å². The highest BCUT2D eigenvalue weighted by atomic mass is 15.0. The Balaban J connectivity index is 1.94. The lowest BCUT2D eigenvalue weighted by atomic mass is 9.47. The average molecular weight is 120 g/mol. The fraction of sp³-hybridized carbons (Fsp3) is 1.00. The summed E-state index contributed by atoms with van der Waals surface area (Å²) in [4.78, 5) is 0. The van der Waals surface area contributed by atoms with E-state index in [1.165, 1.54) is 23.7 Å². The minimum Gasteiger partial charge on any atom is -0.0622 e. The fourth-order valence-electron chi connectivity index (χ4n) is 4.82. The molecule has 0 aromatic carbocycles. The maximum absolute atomic E-state index is 2.47. The first-order valence-electron chi connectivity index (χ1n) is 4.36. The largest absolute Gasteiger partial charge is 0.0622 e. The molecule has 5 fully saturated rings. The van der Waals surface area contributed by atoms with Crippen LogP contribution in [0.1, 0.15) is 19.8 Å². The summed E-state index contributed by atoms with van der Waals surface area (Å²) in [6.45, 7) is 2.47. The van der Waals surface area contributed by atoms with E-state index < -0.39 is 0 Å². The summed E-state index contributed by atoms with van der Waals surface area (Å²) in [5, 5.41) is 0. The van der Waals surface area contributed by atoms with Gasteiger partial charge in [-0.1, -0.05) is 6.92 Å². The van der Waals surface area contributed by atoms with Crippen molar-refractivity contribution in [1.82, 2.24) is 0 Å². The smallest absolute Gasteiger partial charge is 0.0196 e. The molecule has 6 unspecified atom stereocenters. The molecule has 9 heavy (non-hydrogen) atoms. The van der Waals surface area contributed by atoms with Crippen molar-refractivity contribution in [1.29, 1.82) is 0 Å². The van der Waals surface area contributed by atoms with E-state index in [0.29, 0.717) is 0 Å². The Morgan fingerprint density at radius 1 is 1.33 bits per heavy atom. The van der Waals surface area contributed by atoms with E-state index in [4.69, 9.17) is 0 Å². The molecule has 48 valence electrons. The van der Waals surface area contributed by atoms with Gasteiger partial charge in [0.05, 0.1) is 0 Å².